The molecule has 6 heteroatoms. The van der Waals surface area contributed by atoms with Gasteiger partial charge in [0, 0.05) is 12.5 Å². The van der Waals surface area contributed by atoms with Crippen LogP contribution in [0.3, 0.4) is 0 Å². The number of nitrogens with two attached hydrogens (primary N) is 1. The van der Waals surface area contributed by atoms with E-state index in [0.717, 1.165) is 5.56 Å². The maximum Gasteiger partial charge on any atom is 0.411 e. The van der Waals surface area contributed by atoms with Gasteiger partial charge >= 0.3 is 6.18 Å². The lowest BCUT2D eigenvalue weighted by atomic mass is 10.0. The zero-order valence-electron chi connectivity index (χ0n) is 10.9. The topological polar surface area (TPSA) is 55.1 Å². The first kappa shape index (κ1) is 14.8. The van der Waals surface area contributed by atoms with Crippen molar-refractivity contribution in [3.05, 3.63) is 35.9 Å². The average Bonchev–Trinajstić information content (AvgIpc) is 3.17. The summed E-state index contributed by atoms with van der Waals surface area (Å²) in [6, 6.07) is 8.84. The van der Waals surface area contributed by atoms with Crippen molar-refractivity contribution < 1.29 is 18.0 Å². The second-order valence-electron chi connectivity index (χ2n) is 5.18. The van der Waals surface area contributed by atoms with Crippen LogP contribution < -0.4 is 11.1 Å². The van der Waals surface area contributed by atoms with E-state index in [4.69, 9.17) is 5.73 Å². The highest BCUT2D eigenvalue weighted by molar-refractivity contribution is 5.77. The Kier molecular flexibility index (Phi) is 4.04. The number of hydrogen-bond acceptors (Lipinski definition) is 2. The summed E-state index contributed by atoms with van der Waals surface area (Å²) in [7, 11) is 0. The van der Waals surface area contributed by atoms with Gasteiger partial charge in [0.1, 0.15) is 5.54 Å². The summed E-state index contributed by atoms with van der Waals surface area (Å²) in [5.74, 6) is -0.591. The molecule has 1 aliphatic rings. The van der Waals surface area contributed by atoms with E-state index in [1.807, 2.05) is 30.3 Å². The molecule has 110 valence electrons. The number of nitrogens with one attached hydrogen (secondary N) is 1. The second kappa shape index (κ2) is 5.44. The Labute approximate surface area is 115 Å². The fraction of sp³-hybridized carbons (Fsp3) is 0.500. The molecule has 1 aromatic rings. The monoisotopic (exact) mass is 286 g/mol. The van der Waals surface area contributed by atoms with Crippen LogP contribution in [0.1, 0.15) is 37.3 Å². The molecule has 0 radical (unpaired) electrons. The second-order valence-corrected chi connectivity index (χ2v) is 5.18. The SMILES string of the molecule is NC(CCC(=O)NC1(C(F)(F)F)CC1)c1ccccc1. The molecule has 1 fully saturated rings. The molecular formula is C14H17F3N2O. The number of hydrogen-bond donors (Lipinski definition) is 2. The Hall–Kier alpha value is -1.56. The third-order valence-corrected chi connectivity index (χ3v) is 3.58. The highest BCUT2D eigenvalue weighted by atomic mass is 19.4. The molecule has 20 heavy (non-hydrogen) atoms. The van der Waals surface area contributed by atoms with Crippen molar-refractivity contribution in [3.63, 3.8) is 0 Å². The van der Waals surface area contributed by atoms with Crippen molar-refractivity contribution in [2.75, 3.05) is 0 Å². The fourth-order valence-electron chi connectivity index (χ4n) is 2.09. The van der Waals surface area contributed by atoms with Gasteiger partial charge in [-0.15, -0.1) is 0 Å². The van der Waals surface area contributed by atoms with E-state index in [0.29, 0.717) is 6.42 Å². The lowest BCUT2D eigenvalue weighted by molar-refractivity contribution is -0.170. The van der Waals surface area contributed by atoms with Crippen LogP contribution in [0, 0.1) is 0 Å². The summed E-state index contributed by atoms with van der Waals surface area (Å²) in [4.78, 5) is 11.6. The summed E-state index contributed by atoms with van der Waals surface area (Å²) in [6.07, 6.45) is -4.12. The fourth-order valence-corrected chi connectivity index (χ4v) is 2.09. The first-order valence-electron chi connectivity index (χ1n) is 6.52. The summed E-state index contributed by atoms with van der Waals surface area (Å²) >= 11 is 0. The predicted octanol–water partition coefficient (Wildman–Crippen LogP) is 2.68. The van der Waals surface area contributed by atoms with Crippen LogP contribution in [-0.2, 0) is 4.79 Å². The van der Waals surface area contributed by atoms with Gasteiger partial charge in [-0.25, -0.2) is 0 Å². The van der Waals surface area contributed by atoms with E-state index in [9.17, 15) is 18.0 Å². The number of halogens is 3. The summed E-state index contributed by atoms with van der Waals surface area (Å²) in [5, 5.41) is 2.09. The molecule has 1 aliphatic carbocycles. The Balaban J connectivity index is 1.82. The molecule has 1 unspecified atom stereocenters. The molecule has 0 spiro atoms. The van der Waals surface area contributed by atoms with Crippen LogP contribution in [-0.4, -0.2) is 17.6 Å². The molecule has 3 nitrogen and oxygen atoms in total. The highest BCUT2D eigenvalue weighted by Crippen LogP contribution is 2.48. The third kappa shape index (κ3) is 3.30. The molecule has 0 bridgehead atoms. The number of rotatable bonds is 5. The molecule has 1 amide bonds. The molecule has 1 aromatic carbocycles. The van der Waals surface area contributed by atoms with E-state index < -0.39 is 17.6 Å². The van der Waals surface area contributed by atoms with Crippen LogP contribution >= 0.6 is 0 Å². The van der Waals surface area contributed by atoms with Crippen molar-refractivity contribution in [1.82, 2.24) is 5.32 Å². The molecule has 0 aliphatic heterocycles. The normalized spacial score (nSPS) is 18.4. The maximum absolute atomic E-state index is 12.7. The van der Waals surface area contributed by atoms with E-state index >= 15 is 0 Å². The number of alkyl halides is 3. The van der Waals surface area contributed by atoms with Crippen LogP contribution in [0.25, 0.3) is 0 Å². The Morgan fingerprint density at radius 2 is 1.90 bits per heavy atom. The standard InChI is InChI=1S/C14H17F3N2O/c15-14(16,17)13(8-9-13)19-12(20)7-6-11(18)10-4-2-1-3-5-10/h1-5,11H,6-9,18H2,(H,19,20). The molecule has 3 N–H and O–H groups in total. The lowest BCUT2D eigenvalue weighted by Crippen LogP contribution is -2.47. The molecule has 0 heterocycles. The van der Waals surface area contributed by atoms with Crippen LogP contribution in [0.15, 0.2) is 30.3 Å². The number of carbonyl (C=O) groups is 1. The van der Waals surface area contributed by atoms with Gasteiger partial charge in [-0.2, -0.15) is 13.2 Å². The zero-order valence-corrected chi connectivity index (χ0v) is 10.9. The molecule has 0 saturated heterocycles. The van der Waals surface area contributed by atoms with Crippen molar-refractivity contribution in [1.29, 1.82) is 0 Å². The van der Waals surface area contributed by atoms with Gasteiger partial charge in [-0.05, 0) is 24.8 Å². The Morgan fingerprint density at radius 1 is 1.30 bits per heavy atom. The average molecular weight is 286 g/mol. The smallest absolute Gasteiger partial charge is 0.342 e. The van der Waals surface area contributed by atoms with E-state index in [1.54, 1.807) is 0 Å². The van der Waals surface area contributed by atoms with Gasteiger partial charge in [0.25, 0.3) is 0 Å². The van der Waals surface area contributed by atoms with Crippen LogP contribution in [0.5, 0.6) is 0 Å². The summed E-state index contributed by atoms with van der Waals surface area (Å²) < 4.78 is 38.0. The number of carbonyl (C=O) groups excluding carboxylic acids is 1. The number of benzene rings is 1. The van der Waals surface area contributed by atoms with Gasteiger partial charge in [0.2, 0.25) is 5.91 Å². The van der Waals surface area contributed by atoms with E-state index in [2.05, 4.69) is 5.32 Å². The predicted molar refractivity (Wildman–Crippen MR) is 68.8 cm³/mol. The molecule has 2 rings (SSSR count). The van der Waals surface area contributed by atoms with Gasteiger partial charge in [-0.1, -0.05) is 30.3 Å². The highest BCUT2D eigenvalue weighted by Gasteiger charge is 2.64. The number of amides is 1. The first-order valence-corrected chi connectivity index (χ1v) is 6.52. The minimum Gasteiger partial charge on any atom is -0.342 e. The Morgan fingerprint density at radius 3 is 2.40 bits per heavy atom. The summed E-state index contributed by atoms with van der Waals surface area (Å²) in [5.41, 5.74) is 4.79. The van der Waals surface area contributed by atoms with Crippen molar-refractivity contribution in [2.45, 2.75) is 43.4 Å². The van der Waals surface area contributed by atoms with E-state index in [1.165, 1.54) is 0 Å². The Bertz CT molecular complexity index is 469. The van der Waals surface area contributed by atoms with Crippen molar-refractivity contribution >= 4 is 5.91 Å². The largest absolute Gasteiger partial charge is 0.411 e. The van der Waals surface area contributed by atoms with Gasteiger partial charge < -0.3 is 11.1 Å². The lowest BCUT2D eigenvalue weighted by Gasteiger charge is -2.21. The quantitative estimate of drug-likeness (QED) is 0.874. The zero-order chi connectivity index (χ0) is 14.8. The molecule has 1 saturated carbocycles. The first-order chi connectivity index (χ1) is 9.34. The molecule has 0 aromatic heterocycles. The minimum absolute atomic E-state index is 0.00606. The van der Waals surface area contributed by atoms with Crippen LogP contribution in [0.4, 0.5) is 13.2 Å². The van der Waals surface area contributed by atoms with Gasteiger partial charge in [-0.3, -0.25) is 4.79 Å². The minimum atomic E-state index is -4.37. The van der Waals surface area contributed by atoms with Crippen molar-refractivity contribution in [2.24, 2.45) is 5.73 Å². The third-order valence-electron chi connectivity index (χ3n) is 3.58. The van der Waals surface area contributed by atoms with Gasteiger partial charge in [0.15, 0.2) is 0 Å². The van der Waals surface area contributed by atoms with Crippen LogP contribution in [0.2, 0.25) is 0 Å². The molecular weight excluding hydrogens is 269 g/mol. The molecule has 1 atom stereocenters. The summed E-state index contributed by atoms with van der Waals surface area (Å²) in [6.45, 7) is 0. The maximum atomic E-state index is 12.7. The van der Waals surface area contributed by atoms with E-state index in [-0.39, 0.29) is 25.3 Å². The van der Waals surface area contributed by atoms with Crippen molar-refractivity contribution in [3.8, 4) is 0 Å². The van der Waals surface area contributed by atoms with Gasteiger partial charge in [0.05, 0.1) is 0 Å².